The van der Waals surface area contributed by atoms with Gasteiger partial charge in [-0.1, -0.05) is 26.0 Å². The minimum Gasteiger partial charge on any atom is -0.325 e. The maximum absolute atomic E-state index is 12.8. The lowest BCUT2D eigenvalue weighted by Crippen LogP contribution is -2.37. The van der Waals surface area contributed by atoms with Gasteiger partial charge in [-0.05, 0) is 53.9 Å². The maximum Gasteiger partial charge on any atom is 0.325 e. The topological polar surface area (TPSA) is 70.5 Å². The third kappa shape index (κ3) is 4.20. The Morgan fingerprint density at radius 3 is 2.37 bits per heavy atom. The molecule has 30 heavy (non-hydrogen) atoms. The van der Waals surface area contributed by atoms with Crippen LogP contribution in [-0.2, 0) is 4.79 Å². The Hall–Kier alpha value is -3.61. The van der Waals surface area contributed by atoms with Gasteiger partial charge < -0.3 is 10.2 Å². The van der Waals surface area contributed by atoms with Crippen molar-refractivity contribution in [3.8, 4) is 5.69 Å². The van der Waals surface area contributed by atoms with Crippen molar-refractivity contribution >= 4 is 23.3 Å². The second-order valence-corrected chi connectivity index (χ2v) is 7.65. The highest BCUT2D eigenvalue weighted by Crippen LogP contribution is 2.23. The van der Waals surface area contributed by atoms with E-state index in [1.807, 2.05) is 48.7 Å². The lowest BCUT2D eigenvalue weighted by Gasteiger charge is -2.19. The van der Waals surface area contributed by atoms with Crippen molar-refractivity contribution in [3.63, 3.8) is 0 Å². The summed E-state index contributed by atoms with van der Waals surface area (Å²) in [6.45, 7) is 5.41. The summed E-state index contributed by atoms with van der Waals surface area (Å²) in [5.41, 5.74) is 3.69. The van der Waals surface area contributed by atoms with Crippen LogP contribution in [0.15, 0.2) is 67.0 Å². The lowest BCUT2D eigenvalue weighted by atomic mass is 10.0. The largest absolute Gasteiger partial charge is 0.325 e. The summed E-state index contributed by atoms with van der Waals surface area (Å²) in [6, 6.07) is 17.2. The molecule has 1 aliphatic heterocycles. The molecule has 2 aromatic carbocycles. The van der Waals surface area contributed by atoms with Gasteiger partial charge in [-0.15, -0.1) is 0 Å². The van der Waals surface area contributed by atoms with Crippen LogP contribution < -0.4 is 10.2 Å². The van der Waals surface area contributed by atoms with Gasteiger partial charge >= 0.3 is 6.03 Å². The van der Waals surface area contributed by atoms with Crippen molar-refractivity contribution < 1.29 is 9.59 Å². The molecule has 1 aliphatic rings. The summed E-state index contributed by atoms with van der Waals surface area (Å²) >= 11 is 0. The molecule has 3 aromatic rings. The third-order valence-electron chi connectivity index (χ3n) is 5.22. The highest BCUT2D eigenvalue weighted by atomic mass is 16.2. The monoisotopic (exact) mass is 403 g/mol. The van der Waals surface area contributed by atoms with E-state index in [0.29, 0.717) is 24.7 Å². The van der Waals surface area contributed by atoms with E-state index >= 15 is 0 Å². The number of amides is 3. The SMILES string of the molecule is CC(C)c1ccc(N2CCN(CC(=O)Nc3ccc(-n4cccn4)cc3)C2=O)cc1. The minimum absolute atomic E-state index is 0.0281. The van der Waals surface area contributed by atoms with Crippen LogP contribution in [0.25, 0.3) is 5.69 Å². The fourth-order valence-electron chi connectivity index (χ4n) is 3.50. The molecule has 0 spiro atoms. The van der Waals surface area contributed by atoms with Crippen LogP contribution in [0, 0.1) is 0 Å². The lowest BCUT2D eigenvalue weighted by molar-refractivity contribution is -0.116. The average molecular weight is 403 g/mol. The average Bonchev–Trinajstić information content (AvgIpc) is 3.40. The molecular formula is C23H25N5O2. The molecule has 0 aliphatic carbocycles. The maximum atomic E-state index is 12.8. The molecule has 7 heteroatoms. The van der Waals surface area contributed by atoms with E-state index in [4.69, 9.17) is 0 Å². The fourth-order valence-corrected chi connectivity index (χ4v) is 3.50. The van der Waals surface area contributed by atoms with Gasteiger partial charge in [0.15, 0.2) is 0 Å². The summed E-state index contributed by atoms with van der Waals surface area (Å²) < 4.78 is 1.75. The Labute approximate surface area is 175 Å². The van der Waals surface area contributed by atoms with Crippen molar-refractivity contribution in [2.45, 2.75) is 19.8 Å². The predicted octanol–water partition coefficient (Wildman–Crippen LogP) is 3.88. The fraction of sp³-hybridized carbons (Fsp3) is 0.261. The molecule has 1 aromatic heterocycles. The Balaban J connectivity index is 1.34. The van der Waals surface area contributed by atoms with Gasteiger partial charge in [0.25, 0.3) is 0 Å². The third-order valence-corrected chi connectivity index (χ3v) is 5.22. The van der Waals surface area contributed by atoms with Crippen molar-refractivity contribution in [2.75, 3.05) is 29.9 Å². The van der Waals surface area contributed by atoms with Gasteiger partial charge in [0.2, 0.25) is 5.91 Å². The van der Waals surface area contributed by atoms with Crippen molar-refractivity contribution in [2.24, 2.45) is 0 Å². The first-order chi connectivity index (χ1) is 14.5. The molecular weight excluding hydrogens is 378 g/mol. The number of carbonyl (C=O) groups is 2. The number of hydrogen-bond acceptors (Lipinski definition) is 3. The van der Waals surface area contributed by atoms with Crippen LogP contribution in [-0.4, -0.2) is 46.3 Å². The molecule has 0 radical (unpaired) electrons. The van der Waals surface area contributed by atoms with Gasteiger partial charge in [0.05, 0.1) is 5.69 Å². The Morgan fingerprint density at radius 1 is 1.03 bits per heavy atom. The number of rotatable bonds is 6. The minimum atomic E-state index is -0.216. The molecule has 154 valence electrons. The summed E-state index contributed by atoms with van der Waals surface area (Å²) in [4.78, 5) is 28.5. The number of urea groups is 1. The van der Waals surface area contributed by atoms with Gasteiger partial charge in [-0.3, -0.25) is 9.69 Å². The van der Waals surface area contributed by atoms with Crippen LogP contribution in [0.3, 0.4) is 0 Å². The van der Waals surface area contributed by atoms with Crippen molar-refractivity contribution in [1.29, 1.82) is 0 Å². The van der Waals surface area contributed by atoms with E-state index in [1.54, 1.807) is 20.7 Å². The molecule has 0 saturated carbocycles. The molecule has 0 atom stereocenters. The highest BCUT2D eigenvalue weighted by Gasteiger charge is 2.30. The quantitative estimate of drug-likeness (QED) is 0.679. The van der Waals surface area contributed by atoms with Crippen LogP contribution in [0.1, 0.15) is 25.3 Å². The Morgan fingerprint density at radius 2 is 1.73 bits per heavy atom. The van der Waals surface area contributed by atoms with Crippen LogP contribution in [0.5, 0.6) is 0 Å². The second-order valence-electron chi connectivity index (χ2n) is 7.65. The first-order valence-corrected chi connectivity index (χ1v) is 10.1. The molecule has 1 fully saturated rings. The summed E-state index contributed by atoms with van der Waals surface area (Å²) in [7, 11) is 0. The molecule has 4 rings (SSSR count). The molecule has 2 heterocycles. The molecule has 3 amide bonds. The first-order valence-electron chi connectivity index (χ1n) is 10.1. The zero-order chi connectivity index (χ0) is 21.1. The molecule has 1 saturated heterocycles. The van der Waals surface area contributed by atoms with Crippen LogP contribution >= 0.6 is 0 Å². The molecule has 0 bridgehead atoms. The van der Waals surface area contributed by atoms with Gasteiger partial charge in [-0.25, -0.2) is 9.48 Å². The van der Waals surface area contributed by atoms with Gasteiger partial charge in [-0.2, -0.15) is 5.10 Å². The number of aromatic nitrogens is 2. The summed E-state index contributed by atoms with van der Waals surface area (Å²) in [5, 5.41) is 7.04. The molecule has 0 unspecified atom stereocenters. The number of hydrogen-bond donors (Lipinski definition) is 1. The molecule has 7 nitrogen and oxygen atoms in total. The van der Waals surface area contributed by atoms with Gasteiger partial charge in [0, 0.05) is 36.9 Å². The number of carbonyl (C=O) groups excluding carboxylic acids is 2. The van der Waals surface area contributed by atoms with E-state index in [-0.39, 0.29) is 18.5 Å². The number of benzene rings is 2. The van der Waals surface area contributed by atoms with Gasteiger partial charge in [0.1, 0.15) is 6.54 Å². The zero-order valence-corrected chi connectivity index (χ0v) is 17.2. The van der Waals surface area contributed by atoms with E-state index in [2.05, 4.69) is 36.4 Å². The summed E-state index contributed by atoms with van der Waals surface area (Å²) in [5.74, 6) is 0.231. The Bertz CT molecular complexity index is 1010. The first kappa shape index (κ1) is 19.7. The standard InChI is InChI=1S/C23H25N5O2/c1-17(2)18-4-8-20(9-5-18)27-15-14-26(23(27)30)16-22(29)25-19-6-10-21(11-7-19)28-13-3-12-24-28/h3-13,17H,14-16H2,1-2H3,(H,25,29). The zero-order valence-electron chi connectivity index (χ0n) is 17.2. The van der Waals surface area contributed by atoms with Crippen LogP contribution in [0.4, 0.5) is 16.2 Å². The number of nitrogens with zero attached hydrogens (tertiary/aromatic N) is 4. The van der Waals surface area contributed by atoms with E-state index in [1.165, 1.54) is 5.56 Å². The highest BCUT2D eigenvalue weighted by molar-refractivity contribution is 5.99. The van der Waals surface area contributed by atoms with Crippen molar-refractivity contribution in [3.05, 3.63) is 72.6 Å². The normalized spacial score (nSPS) is 13.9. The van der Waals surface area contributed by atoms with Crippen molar-refractivity contribution in [1.82, 2.24) is 14.7 Å². The Kier molecular flexibility index (Phi) is 5.52. The smallest absolute Gasteiger partial charge is 0.325 e. The number of nitrogens with one attached hydrogen (secondary N) is 1. The van der Waals surface area contributed by atoms with E-state index in [0.717, 1.165) is 11.4 Å². The van der Waals surface area contributed by atoms with Crippen LogP contribution in [0.2, 0.25) is 0 Å². The second kappa shape index (κ2) is 8.41. The number of anilines is 2. The molecule has 1 N–H and O–H groups in total. The summed E-state index contributed by atoms with van der Waals surface area (Å²) in [6.07, 6.45) is 3.57. The predicted molar refractivity (Wildman–Crippen MR) is 117 cm³/mol. The van der Waals surface area contributed by atoms with E-state index < -0.39 is 0 Å². The van der Waals surface area contributed by atoms with E-state index in [9.17, 15) is 9.59 Å².